The molecule has 5 nitrogen and oxygen atoms in total. The number of β-amino-alcohol motifs (C(OH)–C–C–N with tert-alkyl or cyclic N) is 1. The summed E-state index contributed by atoms with van der Waals surface area (Å²) in [7, 11) is 0. The number of ether oxygens (including phenoxy) is 2. The smallest absolute Gasteiger partial charge is 0.159 e. The Balaban J connectivity index is 1.74. The zero-order valence-corrected chi connectivity index (χ0v) is 11.7. The summed E-state index contributed by atoms with van der Waals surface area (Å²) >= 11 is 0. The lowest BCUT2D eigenvalue weighted by Gasteiger charge is -2.28. The Morgan fingerprint density at radius 3 is 2.60 bits per heavy atom. The van der Waals surface area contributed by atoms with Gasteiger partial charge in [-0.1, -0.05) is 0 Å². The van der Waals surface area contributed by atoms with Crippen LogP contribution in [-0.2, 0) is 4.74 Å². The van der Waals surface area contributed by atoms with E-state index in [1.165, 1.54) is 6.92 Å². The monoisotopic (exact) mass is 279 g/mol. The molecule has 1 N–H and O–H groups in total. The topological polar surface area (TPSA) is 59.0 Å². The molecule has 0 unspecified atom stereocenters. The maximum absolute atomic E-state index is 11.1. The Morgan fingerprint density at radius 1 is 1.35 bits per heavy atom. The van der Waals surface area contributed by atoms with Crippen molar-refractivity contribution >= 4 is 5.78 Å². The van der Waals surface area contributed by atoms with Gasteiger partial charge in [0.05, 0.1) is 13.2 Å². The van der Waals surface area contributed by atoms with Crippen LogP contribution in [0.5, 0.6) is 5.75 Å². The van der Waals surface area contributed by atoms with Gasteiger partial charge in [-0.25, -0.2) is 0 Å². The standard InChI is InChI=1S/C15H21NO4/c1-12(17)13-2-4-15(5-3-13)20-11-14(18)10-16-6-8-19-9-7-16/h2-5,14,18H,6-11H2,1H3/t14-/m1/s1. The highest BCUT2D eigenvalue weighted by Gasteiger charge is 2.15. The summed E-state index contributed by atoms with van der Waals surface area (Å²) in [6.07, 6.45) is -0.527. The first kappa shape index (κ1) is 15.0. The van der Waals surface area contributed by atoms with E-state index in [4.69, 9.17) is 9.47 Å². The molecule has 0 aromatic heterocycles. The minimum Gasteiger partial charge on any atom is -0.491 e. The highest BCUT2D eigenvalue weighted by Crippen LogP contribution is 2.13. The number of carbonyl (C=O) groups is 1. The van der Waals surface area contributed by atoms with Crippen LogP contribution in [0.1, 0.15) is 17.3 Å². The molecule has 1 heterocycles. The average Bonchev–Trinajstić information content (AvgIpc) is 2.46. The van der Waals surface area contributed by atoms with E-state index >= 15 is 0 Å². The second kappa shape index (κ2) is 7.38. The lowest BCUT2D eigenvalue weighted by Crippen LogP contribution is -2.42. The predicted molar refractivity (Wildman–Crippen MR) is 75.2 cm³/mol. The maximum Gasteiger partial charge on any atom is 0.159 e. The van der Waals surface area contributed by atoms with E-state index in [2.05, 4.69) is 4.90 Å². The van der Waals surface area contributed by atoms with Crippen molar-refractivity contribution < 1.29 is 19.4 Å². The molecule has 5 heteroatoms. The van der Waals surface area contributed by atoms with E-state index in [9.17, 15) is 9.90 Å². The molecule has 2 rings (SSSR count). The number of hydrogen-bond acceptors (Lipinski definition) is 5. The highest BCUT2D eigenvalue weighted by molar-refractivity contribution is 5.94. The SMILES string of the molecule is CC(=O)c1ccc(OC[C@H](O)CN2CCOCC2)cc1. The van der Waals surface area contributed by atoms with E-state index in [0.717, 1.165) is 26.3 Å². The van der Waals surface area contributed by atoms with Crippen molar-refractivity contribution in [1.29, 1.82) is 0 Å². The summed E-state index contributed by atoms with van der Waals surface area (Å²) in [6, 6.07) is 6.95. The molecule has 1 aromatic rings. The Labute approximate surface area is 119 Å². The van der Waals surface area contributed by atoms with Gasteiger partial charge in [0.2, 0.25) is 0 Å². The van der Waals surface area contributed by atoms with Crippen LogP contribution in [0.25, 0.3) is 0 Å². The lowest BCUT2D eigenvalue weighted by molar-refractivity contribution is 0.00465. The van der Waals surface area contributed by atoms with Crippen LogP contribution in [0.2, 0.25) is 0 Å². The molecular weight excluding hydrogens is 258 g/mol. The van der Waals surface area contributed by atoms with Crippen molar-refractivity contribution in [2.45, 2.75) is 13.0 Å². The van der Waals surface area contributed by atoms with Gasteiger partial charge in [0.15, 0.2) is 5.78 Å². The number of carbonyl (C=O) groups excluding carboxylic acids is 1. The van der Waals surface area contributed by atoms with Crippen LogP contribution in [0, 0.1) is 0 Å². The molecule has 110 valence electrons. The molecule has 1 fully saturated rings. The average molecular weight is 279 g/mol. The molecule has 1 aliphatic heterocycles. The van der Waals surface area contributed by atoms with Crippen molar-refractivity contribution in [2.75, 3.05) is 39.5 Å². The van der Waals surface area contributed by atoms with Gasteiger partial charge < -0.3 is 14.6 Å². The van der Waals surface area contributed by atoms with Gasteiger partial charge in [0.25, 0.3) is 0 Å². The Morgan fingerprint density at radius 2 is 2.00 bits per heavy atom. The van der Waals surface area contributed by atoms with Gasteiger partial charge in [-0.2, -0.15) is 0 Å². The Hall–Kier alpha value is -1.43. The van der Waals surface area contributed by atoms with Gasteiger partial charge in [-0.3, -0.25) is 9.69 Å². The quantitative estimate of drug-likeness (QED) is 0.786. The van der Waals surface area contributed by atoms with Gasteiger partial charge >= 0.3 is 0 Å². The lowest BCUT2D eigenvalue weighted by atomic mass is 10.1. The molecule has 0 bridgehead atoms. The van der Waals surface area contributed by atoms with Gasteiger partial charge in [0, 0.05) is 25.2 Å². The van der Waals surface area contributed by atoms with E-state index in [1.54, 1.807) is 24.3 Å². The first-order valence-electron chi connectivity index (χ1n) is 6.87. The molecular formula is C15H21NO4. The van der Waals surface area contributed by atoms with Crippen molar-refractivity contribution in [2.24, 2.45) is 0 Å². The number of morpholine rings is 1. The number of aliphatic hydroxyl groups excluding tert-OH is 1. The van der Waals surface area contributed by atoms with E-state index in [-0.39, 0.29) is 12.4 Å². The van der Waals surface area contributed by atoms with Gasteiger partial charge in [-0.15, -0.1) is 0 Å². The molecule has 1 atom stereocenters. The summed E-state index contributed by atoms with van der Waals surface area (Å²) in [5, 5.41) is 9.94. The zero-order valence-electron chi connectivity index (χ0n) is 11.7. The molecule has 1 saturated heterocycles. The van der Waals surface area contributed by atoms with Crippen LogP contribution in [0.15, 0.2) is 24.3 Å². The number of Topliss-reactive ketones (excluding diaryl/α,β-unsaturated/α-hetero) is 1. The number of rotatable bonds is 6. The molecule has 1 aromatic carbocycles. The maximum atomic E-state index is 11.1. The molecule has 1 aliphatic rings. The summed E-state index contributed by atoms with van der Waals surface area (Å²) in [4.78, 5) is 13.3. The van der Waals surface area contributed by atoms with Gasteiger partial charge in [-0.05, 0) is 31.2 Å². The summed E-state index contributed by atoms with van der Waals surface area (Å²) in [6.45, 7) is 5.52. The fourth-order valence-corrected chi connectivity index (χ4v) is 2.11. The van der Waals surface area contributed by atoms with E-state index < -0.39 is 6.10 Å². The summed E-state index contributed by atoms with van der Waals surface area (Å²) in [5.74, 6) is 0.694. The third-order valence-electron chi connectivity index (χ3n) is 3.28. The third-order valence-corrected chi connectivity index (χ3v) is 3.28. The Kier molecular flexibility index (Phi) is 5.52. The minimum atomic E-state index is -0.527. The number of nitrogens with zero attached hydrogens (tertiary/aromatic N) is 1. The molecule has 0 saturated carbocycles. The fourth-order valence-electron chi connectivity index (χ4n) is 2.11. The number of ketones is 1. The van der Waals surface area contributed by atoms with Crippen molar-refractivity contribution in [1.82, 2.24) is 4.90 Å². The first-order valence-corrected chi connectivity index (χ1v) is 6.87. The molecule has 0 spiro atoms. The molecule has 0 aliphatic carbocycles. The number of hydrogen-bond donors (Lipinski definition) is 1. The van der Waals surface area contributed by atoms with Crippen LogP contribution in [0.3, 0.4) is 0 Å². The largest absolute Gasteiger partial charge is 0.491 e. The molecule has 0 amide bonds. The van der Waals surface area contributed by atoms with Crippen LogP contribution in [0.4, 0.5) is 0 Å². The highest BCUT2D eigenvalue weighted by atomic mass is 16.5. The number of aliphatic hydroxyl groups is 1. The molecule has 20 heavy (non-hydrogen) atoms. The fraction of sp³-hybridized carbons (Fsp3) is 0.533. The molecule has 0 radical (unpaired) electrons. The van der Waals surface area contributed by atoms with Crippen LogP contribution in [-0.4, -0.2) is 61.3 Å². The van der Waals surface area contributed by atoms with E-state index in [0.29, 0.717) is 17.9 Å². The Bertz CT molecular complexity index is 426. The summed E-state index contributed by atoms with van der Waals surface area (Å²) in [5.41, 5.74) is 0.659. The van der Waals surface area contributed by atoms with Crippen molar-refractivity contribution in [3.05, 3.63) is 29.8 Å². The second-order valence-corrected chi connectivity index (χ2v) is 4.96. The van der Waals surface area contributed by atoms with Crippen molar-refractivity contribution in [3.8, 4) is 5.75 Å². The van der Waals surface area contributed by atoms with Gasteiger partial charge in [0.1, 0.15) is 18.5 Å². The zero-order chi connectivity index (χ0) is 14.4. The third kappa shape index (κ3) is 4.59. The van der Waals surface area contributed by atoms with Crippen LogP contribution >= 0.6 is 0 Å². The predicted octanol–water partition coefficient (Wildman–Crippen LogP) is 0.961. The van der Waals surface area contributed by atoms with Crippen molar-refractivity contribution in [3.63, 3.8) is 0 Å². The number of benzene rings is 1. The second-order valence-electron chi connectivity index (χ2n) is 4.96. The first-order chi connectivity index (χ1) is 9.65. The summed E-state index contributed by atoms with van der Waals surface area (Å²) < 4.78 is 10.8. The van der Waals surface area contributed by atoms with Crippen LogP contribution < -0.4 is 4.74 Å². The minimum absolute atomic E-state index is 0.0314. The van der Waals surface area contributed by atoms with E-state index in [1.807, 2.05) is 0 Å². The normalized spacial score (nSPS) is 17.7.